The van der Waals surface area contributed by atoms with E-state index in [2.05, 4.69) is 63.7 Å². The Balaban J connectivity index is 3.60. The first-order chi connectivity index (χ1) is 5.46. The Morgan fingerprint density at radius 3 is 1.25 bits per heavy atom. The molecule has 6 heteroatoms. The van der Waals surface area contributed by atoms with Gasteiger partial charge in [-0.2, -0.15) is 0 Å². The molecule has 66 valence electrons. The Hall–Kier alpha value is 0.740. The Morgan fingerprint density at radius 1 is 0.583 bits per heavy atom. The number of benzene rings is 1. The van der Waals surface area contributed by atoms with Gasteiger partial charge in [-0.05, 0) is 63.7 Å². The summed E-state index contributed by atoms with van der Waals surface area (Å²) in [5.74, 6) is -0.0786. The van der Waals surface area contributed by atoms with Crippen molar-refractivity contribution < 1.29 is 10.2 Å². The average Bonchev–Trinajstić information content (AvgIpc) is 2.08. The summed E-state index contributed by atoms with van der Waals surface area (Å²) in [6.45, 7) is 0. The summed E-state index contributed by atoms with van der Waals surface area (Å²) in [5.41, 5.74) is 0. The molecule has 0 aromatic heterocycles. The molecule has 12 heavy (non-hydrogen) atoms. The van der Waals surface area contributed by atoms with E-state index in [1.165, 1.54) is 0 Å². The average molecular weight is 426 g/mol. The molecule has 0 bridgehead atoms. The maximum Gasteiger partial charge on any atom is 0.148 e. The fourth-order valence-corrected chi connectivity index (χ4v) is 2.97. The van der Waals surface area contributed by atoms with Gasteiger partial charge in [0.15, 0.2) is 0 Å². The van der Waals surface area contributed by atoms with Gasteiger partial charge in [-0.25, -0.2) is 0 Å². The predicted octanol–water partition coefficient (Wildman–Crippen LogP) is 4.15. The van der Waals surface area contributed by atoms with Crippen molar-refractivity contribution in [2.45, 2.75) is 0 Å². The molecule has 0 fully saturated rings. The molecule has 0 unspecified atom stereocenters. The highest BCUT2D eigenvalue weighted by molar-refractivity contribution is 9.14. The van der Waals surface area contributed by atoms with Crippen LogP contribution in [0.1, 0.15) is 0 Å². The Kier molecular flexibility index (Phi) is 3.48. The van der Waals surface area contributed by atoms with E-state index >= 15 is 0 Å². The second kappa shape index (κ2) is 3.86. The van der Waals surface area contributed by atoms with Gasteiger partial charge in [-0.1, -0.05) is 0 Å². The SMILES string of the molecule is Oc1c(Br)c(O)c(Br)c(Br)c1Br. The maximum atomic E-state index is 9.39. The molecule has 0 aliphatic carbocycles. The van der Waals surface area contributed by atoms with Crippen molar-refractivity contribution in [3.63, 3.8) is 0 Å². The van der Waals surface area contributed by atoms with Crippen LogP contribution in [0.25, 0.3) is 0 Å². The molecule has 0 spiro atoms. The summed E-state index contributed by atoms with van der Waals surface area (Å²) in [6, 6.07) is 0. The minimum absolute atomic E-state index is 0.0393. The van der Waals surface area contributed by atoms with E-state index in [4.69, 9.17) is 0 Å². The van der Waals surface area contributed by atoms with Gasteiger partial charge < -0.3 is 10.2 Å². The van der Waals surface area contributed by atoms with Crippen molar-refractivity contribution in [3.05, 3.63) is 17.9 Å². The van der Waals surface area contributed by atoms with Crippen molar-refractivity contribution in [2.24, 2.45) is 0 Å². The first-order valence-corrected chi connectivity index (χ1v) is 5.88. The van der Waals surface area contributed by atoms with E-state index in [9.17, 15) is 10.2 Å². The highest BCUT2D eigenvalue weighted by Gasteiger charge is 2.17. The zero-order valence-electron chi connectivity index (χ0n) is 5.41. The van der Waals surface area contributed by atoms with Gasteiger partial charge >= 0.3 is 0 Å². The fourth-order valence-electron chi connectivity index (χ4n) is 0.609. The van der Waals surface area contributed by atoms with Crippen LogP contribution in [0.4, 0.5) is 0 Å². The van der Waals surface area contributed by atoms with Gasteiger partial charge in [0, 0.05) is 0 Å². The van der Waals surface area contributed by atoms with Crippen molar-refractivity contribution >= 4 is 63.7 Å². The number of phenols is 2. The first-order valence-electron chi connectivity index (χ1n) is 2.70. The zero-order chi connectivity index (χ0) is 9.46. The molecule has 0 amide bonds. The molecule has 0 radical (unpaired) electrons. The summed E-state index contributed by atoms with van der Waals surface area (Å²) >= 11 is 12.5. The molecule has 1 aromatic rings. The molecule has 1 aromatic carbocycles. The van der Waals surface area contributed by atoms with E-state index < -0.39 is 0 Å². The summed E-state index contributed by atoms with van der Waals surface area (Å²) in [4.78, 5) is 0. The van der Waals surface area contributed by atoms with Gasteiger partial charge in [-0.3, -0.25) is 0 Å². The lowest BCUT2D eigenvalue weighted by Crippen LogP contribution is -1.79. The van der Waals surface area contributed by atoms with Crippen LogP contribution in [0, 0.1) is 0 Å². The van der Waals surface area contributed by atoms with Gasteiger partial charge in [0.1, 0.15) is 16.0 Å². The number of rotatable bonds is 0. The molecule has 2 N–H and O–H groups in total. The topological polar surface area (TPSA) is 40.5 Å². The van der Waals surface area contributed by atoms with Crippen molar-refractivity contribution in [1.29, 1.82) is 0 Å². The highest BCUT2D eigenvalue weighted by atomic mass is 79.9. The Morgan fingerprint density at radius 2 is 0.917 bits per heavy atom. The summed E-state index contributed by atoms with van der Waals surface area (Å²) in [6.07, 6.45) is 0. The largest absolute Gasteiger partial charge is 0.505 e. The van der Waals surface area contributed by atoms with E-state index in [1.54, 1.807) is 0 Å². The predicted molar refractivity (Wildman–Crippen MR) is 60.6 cm³/mol. The molecule has 0 saturated carbocycles. The lowest BCUT2D eigenvalue weighted by molar-refractivity contribution is 0.439. The lowest BCUT2D eigenvalue weighted by Gasteiger charge is -2.07. The van der Waals surface area contributed by atoms with Gasteiger partial charge in [-0.15, -0.1) is 0 Å². The van der Waals surface area contributed by atoms with Crippen LogP contribution in [-0.4, -0.2) is 10.2 Å². The van der Waals surface area contributed by atoms with Crippen LogP contribution >= 0.6 is 63.7 Å². The van der Waals surface area contributed by atoms with E-state index in [0.717, 1.165) is 0 Å². The molecule has 2 nitrogen and oxygen atoms in total. The third kappa shape index (κ3) is 1.66. The van der Waals surface area contributed by atoms with E-state index in [0.29, 0.717) is 13.4 Å². The Bertz CT molecular complexity index is 232. The molecular weight excluding hydrogens is 424 g/mol. The zero-order valence-corrected chi connectivity index (χ0v) is 11.8. The van der Waals surface area contributed by atoms with Gasteiger partial charge in [0.25, 0.3) is 0 Å². The van der Waals surface area contributed by atoms with E-state index in [-0.39, 0.29) is 16.0 Å². The minimum Gasteiger partial charge on any atom is -0.505 e. The first kappa shape index (κ1) is 10.8. The molecule has 0 atom stereocenters. The third-order valence-electron chi connectivity index (χ3n) is 1.22. The van der Waals surface area contributed by atoms with Crippen molar-refractivity contribution in [2.75, 3.05) is 0 Å². The summed E-state index contributed by atoms with van der Waals surface area (Å²) in [5, 5.41) is 18.8. The van der Waals surface area contributed by atoms with Crippen LogP contribution < -0.4 is 0 Å². The minimum atomic E-state index is -0.0393. The number of aromatic hydroxyl groups is 2. The second-order valence-corrected chi connectivity index (χ2v) is 5.13. The standard InChI is InChI=1S/C6H2Br4O2/c7-1-2(8)5(11)4(10)6(12)3(1)9/h11-12H. The summed E-state index contributed by atoms with van der Waals surface area (Å²) < 4.78 is 1.79. The number of phenolic OH excluding ortho intramolecular Hbond substituents is 2. The van der Waals surface area contributed by atoms with Gasteiger partial charge in [0.2, 0.25) is 0 Å². The molecule has 0 saturated heterocycles. The molecule has 0 heterocycles. The van der Waals surface area contributed by atoms with Crippen LogP contribution in [0.15, 0.2) is 17.9 Å². The van der Waals surface area contributed by atoms with Crippen LogP contribution in [0.5, 0.6) is 11.5 Å². The van der Waals surface area contributed by atoms with Crippen molar-refractivity contribution in [3.8, 4) is 11.5 Å². The van der Waals surface area contributed by atoms with Crippen LogP contribution in [-0.2, 0) is 0 Å². The Labute approximate surface area is 102 Å². The summed E-state index contributed by atoms with van der Waals surface area (Å²) in [7, 11) is 0. The molecule has 1 rings (SSSR count). The van der Waals surface area contributed by atoms with E-state index in [1.807, 2.05) is 0 Å². The quantitative estimate of drug-likeness (QED) is 0.484. The number of hydrogen-bond acceptors (Lipinski definition) is 2. The second-order valence-electron chi connectivity index (χ2n) is 1.95. The lowest BCUT2D eigenvalue weighted by atomic mass is 10.3. The molecule has 0 aliphatic rings. The molecular formula is C6H2Br4O2. The van der Waals surface area contributed by atoms with Crippen LogP contribution in [0.3, 0.4) is 0 Å². The normalized spacial score (nSPS) is 10.3. The third-order valence-corrected chi connectivity index (χ3v) is 5.37. The van der Waals surface area contributed by atoms with Crippen molar-refractivity contribution in [1.82, 2.24) is 0 Å². The number of halogens is 4. The fraction of sp³-hybridized carbons (Fsp3) is 0. The smallest absolute Gasteiger partial charge is 0.148 e. The number of hydrogen-bond donors (Lipinski definition) is 2. The highest BCUT2D eigenvalue weighted by Crippen LogP contribution is 2.48. The maximum absolute atomic E-state index is 9.39. The van der Waals surface area contributed by atoms with Gasteiger partial charge in [0.05, 0.1) is 13.4 Å². The monoisotopic (exact) mass is 422 g/mol. The molecule has 0 aliphatic heterocycles. The van der Waals surface area contributed by atoms with Crippen LogP contribution in [0.2, 0.25) is 0 Å².